The lowest BCUT2D eigenvalue weighted by molar-refractivity contribution is -0.489. The van der Waals surface area contributed by atoms with E-state index in [1.165, 1.54) is 11.1 Å². The molecule has 1 aromatic rings. The molecule has 0 saturated heterocycles. The van der Waals surface area contributed by atoms with Crippen LogP contribution in [0.15, 0.2) is 24.3 Å². The third kappa shape index (κ3) is 4.52. The quantitative estimate of drug-likeness (QED) is 0.334. The maximum absolute atomic E-state index is 11.5. The Kier molecular flexibility index (Phi) is 5.39. The second-order valence-electron chi connectivity index (χ2n) is 5.68. The van der Waals surface area contributed by atoms with Crippen molar-refractivity contribution in [2.24, 2.45) is 5.92 Å². The standard InChI is InChI=1S/C16H25NO/c1-12(2)16-8-6-15(7-9-16)10-14(5)11-17(18)13(3)4/h6-9,11-14H,10H2,1-5H3. The first-order valence-corrected chi connectivity index (χ1v) is 6.79. The molecule has 0 heterocycles. The average molecular weight is 247 g/mol. The maximum atomic E-state index is 11.5. The predicted molar refractivity (Wildman–Crippen MR) is 78.2 cm³/mol. The van der Waals surface area contributed by atoms with E-state index >= 15 is 0 Å². The summed E-state index contributed by atoms with van der Waals surface area (Å²) in [5.74, 6) is 0.843. The third-order valence-electron chi connectivity index (χ3n) is 3.11. The highest BCUT2D eigenvalue weighted by atomic mass is 16.5. The van der Waals surface area contributed by atoms with Crippen molar-refractivity contribution in [2.45, 2.75) is 53.0 Å². The van der Waals surface area contributed by atoms with E-state index < -0.39 is 0 Å². The van der Waals surface area contributed by atoms with Crippen molar-refractivity contribution in [2.75, 3.05) is 0 Å². The van der Waals surface area contributed by atoms with Crippen LogP contribution in [0.2, 0.25) is 0 Å². The minimum atomic E-state index is 0.0239. The molecule has 0 bridgehead atoms. The van der Waals surface area contributed by atoms with Crippen LogP contribution in [0.25, 0.3) is 0 Å². The fourth-order valence-electron chi connectivity index (χ4n) is 1.89. The van der Waals surface area contributed by atoms with Crippen LogP contribution in [0.5, 0.6) is 0 Å². The Morgan fingerprint density at radius 3 is 2.06 bits per heavy atom. The lowest BCUT2D eigenvalue weighted by Gasteiger charge is -2.12. The molecule has 0 saturated carbocycles. The average Bonchev–Trinajstić information content (AvgIpc) is 2.29. The van der Waals surface area contributed by atoms with E-state index in [0.717, 1.165) is 11.2 Å². The van der Waals surface area contributed by atoms with Crippen LogP contribution < -0.4 is 0 Å². The van der Waals surface area contributed by atoms with Crippen molar-refractivity contribution in [1.29, 1.82) is 0 Å². The Morgan fingerprint density at radius 2 is 1.61 bits per heavy atom. The number of nitrogens with zero attached hydrogens (tertiary/aromatic N) is 1. The molecule has 0 fully saturated rings. The monoisotopic (exact) mass is 247 g/mol. The highest BCUT2D eigenvalue weighted by Gasteiger charge is 2.08. The molecule has 0 spiro atoms. The summed E-state index contributed by atoms with van der Waals surface area (Å²) < 4.78 is 1.05. The van der Waals surface area contributed by atoms with E-state index in [1.54, 1.807) is 6.21 Å². The Hall–Kier alpha value is -1.31. The van der Waals surface area contributed by atoms with E-state index in [9.17, 15) is 5.21 Å². The van der Waals surface area contributed by atoms with Gasteiger partial charge in [0.2, 0.25) is 0 Å². The van der Waals surface area contributed by atoms with Gasteiger partial charge in [0, 0.05) is 5.92 Å². The molecule has 1 atom stereocenters. The SMILES string of the molecule is CC(C=[N+]([O-])C(C)C)Cc1ccc(C(C)C)cc1. The zero-order valence-electron chi connectivity index (χ0n) is 12.2. The van der Waals surface area contributed by atoms with Gasteiger partial charge in [-0.15, -0.1) is 0 Å². The normalized spacial score (nSPS) is 14.3. The van der Waals surface area contributed by atoms with Gasteiger partial charge in [0.05, 0.1) is 0 Å². The van der Waals surface area contributed by atoms with Gasteiger partial charge in [-0.1, -0.05) is 45.0 Å². The van der Waals surface area contributed by atoms with Gasteiger partial charge in [-0.2, -0.15) is 0 Å². The fraction of sp³-hybridized carbons (Fsp3) is 0.562. The number of benzene rings is 1. The molecule has 0 amide bonds. The van der Waals surface area contributed by atoms with Gasteiger partial charge >= 0.3 is 0 Å². The van der Waals surface area contributed by atoms with E-state index in [-0.39, 0.29) is 12.0 Å². The Bertz CT molecular complexity index is 390. The molecule has 1 rings (SSSR count). The number of rotatable bonds is 5. The minimum Gasteiger partial charge on any atom is -0.624 e. The van der Waals surface area contributed by atoms with E-state index in [4.69, 9.17) is 0 Å². The Balaban J connectivity index is 2.65. The van der Waals surface area contributed by atoms with Crippen molar-refractivity contribution < 1.29 is 4.74 Å². The topological polar surface area (TPSA) is 26.1 Å². The minimum absolute atomic E-state index is 0.0239. The molecular weight excluding hydrogens is 222 g/mol. The molecule has 0 aliphatic heterocycles. The second kappa shape index (κ2) is 6.58. The molecule has 0 aromatic heterocycles. The second-order valence-corrected chi connectivity index (χ2v) is 5.68. The summed E-state index contributed by atoms with van der Waals surface area (Å²) in [6.45, 7) is 10.3. The summed E-state index contributed by atoms with van der Waals surface area (Å²) in [5, 5.41) is 11.5. The van der Waals surface area contributed by atoms with Crippen molar-refractivity contribution in [3.63, 3.8) is 0 Å². The van der Waals surface area contributed by atoms with Crippen molar-refractivity contribution in [1.82, 2.24) is 0 Å². The van der Waals surface area contributed by atoms with Gasteiger partial charge in [0.1, 0.15) is 0 Å². The summed E-state index contributed by atoms with van der Waals surface area (Å²) in [4.78, 5) is 0. The highest BCUT2D eigenvalue weighted by Crippen LogP contribution is 2.16. The van der Waals surface area contributed by atoms with Gasteiger partial charge in [-0.25, -0.2) is 4.74 Å². The molecule has 0 aliphatic rings. The summed E-state index contributed by atoms with van der Waals surface area (Å²) in [6, 6.07) is 8.73. The molecule has 100 valence electrons. The largest absolute Gasteiger partial charge is 0.624 e. The van der Waals surface area contributed by atoms with E-state index in [2.05, 4.69) is 45.0 Å². The first kappa shape index (κ1) is 14.7. The zero-order valence-corrected chi connectivity index (χ0v) is 12.2. The van der Waals surface area contributed by atoms with Crippen LogP contribution >= 0.6 is 0 Å². The van der Waals surface area contributed by atoms with E-state index in [0.29, 0.717) is 5.92 Å². The number of hydrogen-bond donors (Lipinski definition) is 0. The zero-order chi connectivity index (χ0) is 13.7. The van der Waals surface area contributed by atoms with Gasteiger partial charge in [-0.05, 0) is 37.3 Å². The molecule has 0 radical (unpaired) electrons. The molecular formula is C16H25NO. The van der Waals surface area contributed by atoms with Crippen LogP contribution in [-0.4, -0.2) is 17.0 Å². The summed E-state index contributed by atoms with van der Waals surface area (Å²) in [7, 11) is 0. The molecule has 18 heavy (non-hydrogen) atoms. The number of hydrogen-bond acceptors (Lipinski definition) is 1. The van der Waals surface area contributed by atoms with Gasteiger partial charge < -0.3 is 5.21 Å². The molecule has 2 nitrogen and oxygen atoms in total. The van der Waals surface area contributed by atoms with Crippen molar-refractivity contribution >= 4 is 6.21 Å². The smallest absolute Gasteiger partial charge is 0.157 e. The fourth-order valence-corrected chi connectivity index (χ4v) is 1.89. The Labute approximate surface area is 111 Å². The predicted octanol–water partition coefficient (Wildman–Crippen LogP) is 3.98. The lowest BCUT2D eigenvalue weighted by atomic mass is 9.97. The molecule has 0 N–H and O–H groups in total. The summed E-state index contributed by atoms with van der Waals surface area (Å²) in [6.07, 6.45) is 2.70. The van der Waals surface area contributed by atoms with Crippen LogP contribution in [0.1, 0.15) is 51.7 Å². The molecule has 0 aliphatic carbocycles. The van der Waals surface area contributed by atoms with Crippen molar-refractivity contribution in [3.05, 3.63) is 40.6 Å². The molecule has 2 heteroatoms. The van der Waals surface area contributed by atoms with E-state index in [1.807, 2.05) is 13.8 Å². The van der Waals surface area contributed by atoms with Crippen molar-refractivity contribution in [3.8, 4) is 0 Å². The summed E-state index contributed by atoms with van der Waals surface area (Å²) >= 11 is 0. The van der Waals surface area contributed by atoms with Gasteiger partial charge in [0.25, 0.3) is 0 Å². The number of hydroxylamine groups is 1. The summed E-state index contributed by atoms with van der Waals surface area (Å²) in [5.41, 5.74) is 2.66. The van der Waals surface area contributed by atoms with Crippen LogP contribution in [0.4, 0.5) is 0 Å². The Morgan fingerprint density at radius 1 is 1.06 bits per heavy atom. The van der Waals surface area contributed by atoms with Crippen LogP contribution in [0, 0.1) is 11.1 Å². The first-order valence-electron chi connectivity index (χ1n) is 6.79. The maximum Gasteiger partial charge on any atom is 0.157 e. The van der Waals surface area contributed by atoms with Crippen LogP contribution in [0.3, 0.4) is 0 Å². The van der Waals surface area contributed by atoms with Crippen LogP contribution in [-0.2, 0) is 6.42 Å². The molecule has 1 aromatic carbocycles. The highest BCUT2D eigenvalue weighted by molar-refractivity contribution is 5.55. The lowest BCUT2D eigenvalue weighted by Crippen LogP contribution is -2.18. The molecule has 1 unspecified atom stereocenters. The van der Waals surface area contributed by atoms with Gasteiger partial charge in [-0.3, -0.25) is 0 Å². The van der Waals surface area contributed by atoms with Gasteiger partial charge in [0.15, 0.2) is 12.3 Å². The third-order valence-corrected chi connectivity index (χ3v) is 3.11. The first-order chi connectivity index (χ1) is 8.40.